The van der Waals surface area contributed by atoms with Crippen LogP contribution in [0.4, 0.5) is 0 Å². The number of unbranched alkanes of at least 4 members (excludes halogenated alkanes) is 1. The molecule has 3 unspecified atom stereocenters. The average molecular weight is 311 g/mol. The number of rotatable bonds is 15. The van der Waals surface area contributed by atoms with Gasteiger partial charge in [0.25, 0.3) is 0 Å². The Morgan fingerprint density at radius 2 is 1.55 bits per heavy atom. The fourth-order valence-corrected chi connectivity index (χ4v) is 2.76. The lowest BCUT2D eigenvalue weighted by Crippen LogP contribution is -2.07. The van der Waals surface area contributed by atoms with E-state index >= 15 is 0 Å². The summed E-state index contributed by atoms with van der Waals surface area (Å²) >= 11 is 0. The van der Waals surface area contributed by atoms with E-state index in [1.165, 1.54) is 0 Å². The number of hydrogen-bond acceptors (Lipinski definition) is 2. The van der Waals surface area contributed by atoms with Crippen molar-refractivity contribution in [2.24, 2.45) is 5.92 Å². The third-order valence-electron chi connectivity index (χ3n) is 4.17. The third-order valence-corrected chi connectivity index (χ3v) is 4.17. The van der Waals surface area contributed by atoms with Crippen molar-refractivity contribution in [3.05, 3.63) is 24.8 Å². The summed E-state index contributed by atoms with van der Waals surface area (Å²) in [5.74, 6) is 0.527. The van der Waals surface area contributed by atoms with Gasteiger partial charge in [0.15, 0.2) is 0 Å². The minimum atomic E-state index is -0.147. The summed E-state index contributed by atoms with van der Waals surface area (Å²) in [6, 6.07) is 0. The second kappa shape index (κ2) is 15.3. The summed E-state index contributed by atoms with van der Waals surface area (Å²) in [7, 11) is 0. The SMILES string of the molecule is C=CCC(C=CCCC(O)CCCC)CCCC(O)CCC. The Morgan fingerprint density at radius 1 is 0.864 bits per heavy atom. The Balaban J connectivity index is 3.91. The first kappa shape index (κ1) is 21.4. The standard InChI is InChI=1S/C20H38O2/c1-4-7-15-20(22)16-9-8-13-18(11-5-2)14-10-17-19(21)12-6-3/h5,8,13,18-22H,2,4,6-7,9-12,14-17H2,1,3H3. The Labute approximate surface area is 138 Å². The normalized spacial score (nSPS) is 15.8. The highest BCUT2D eigenvalue weighted by atomic mass is 16.3. The summed E-state index contributed by atoms with van der Waals surface area (Å²) < 4.78 is 0. The largest absolute Gasteiger partial charge is 0.393 e. The zero-order valence-electron chi connectivity index (χ0n) is 14.8. The molecule has 0 aromatic carbocycles. The van der Waals surface area contributed by atoms with Gasteiger partial charge in [-0.2, -0.15) is 0 Å². The van der Waals surface area contributed by atoms with Gasteiger partial charge in [-0.25, -0.2) is 0 Å². The van der Waals surface area contributed by atoms with Crippen LogP contribution in [0.3, 0.4) is 0 Å². The maximum atomic E-state index is 9.82. The van der Waals surface area contributed by atoms with Gasteiger partial charge >= 0.3 is 0 Å². The van der Waals surface area contributed by atoms with Gasteiger partial charge in [0, 0.05) is 0 Å². The molecular weight excluding hydrogens is 272 g/mol. The van der Waals surface area contributed by atoms with Crippen molar-refractivity contribution < 1.29 is 10.2 Å². The van der Waals surface area contributed by atoms with Crippen LogP contribution in [-0.4, -0.2) is 22.4 Å². The zero-order valence-corrected chi connectivity index (χ0v) is 14.8. The highest BCUT2D eigenvalue weighted by Crippen LogP contribution is 2.18. The molecule has 0 radical (unpaired) electrons. The van der Waals surface area contributed by atoms with E-state index < -0.39 is 0 Å². The Kier molecular flexibility index (Phi) is 14.9. The van der Waals surface area contributed by atoms with E-state index in [4.69, 9.17) is 0 Å². The first-order valence-electron chi connectivity index (χ1n) is 9.27. The molecule has 0 aliphatic rings. The van der Waals surface area contributed by atoms with Gasteiger partial charge in [-0.1, -0.05) is 57.8 Å². The van der Waals surface area contributed by atoms with Crippen LogP contribution in [-0.2, 0) is 0 Å². The number of hydrogen-bond donors (Lipinski definition) is 2. The summed E-state index contributed by atoms with van der Waals surface area (Å²) in [6.45, 7) is 8.11. The molecule has 0 fully saturated rings. The van der Waals surface area contributed by atoms with Gasteiger partial charge in [0.2, 0.25) is 0 Å². The number of aliphatic hydroxyl groups is 2. The third kappa shape index (κ3) is 13.1. The predicted molar refractivity (Wildman–Crippen MR) is 97.0 cm³/mol. The van der Waals surface area contributed by atoms with Gasteiger partial charge in [0.05, 0.1) is 12.2 Å². The van der Waals surface area contributed by atoms with Gasteiger partial charge in [-0.15, -0.1) is 6.58 Å². The molecule has 0 spiro atoms. The van der Waals surface area contributed by atoms with Crippen molar-refractivity contribution in [2.45, 2.75) is 96.7 Å². The molecule has 2 nitrogen and oxygen atoms in total. The van der Waals surface area contributed by atoms with E-state index in [2.05, 4.69) is 32.6 Å². The van der Waals surface area contributed by atoms with Crippen molar-refractivity contribution in [1.29, 1.82) is 0 Å². The van der Waals surface area contributed by atoms with Crippen LogP contribution in [0.1, 0.15) is 84.5 Å². The van der Waals surface area contributed by atoms with Crippen molar-refractivity contribution in [2.75, 3.05) is 0 Å². The summed E-state index contributed by atoms with van der Waals surface area (Å²) in [6.07, 6.45) is 17.3. The smallest absolute Gasteiger partial charge is 0.0543 e. The molecule has 0 aromatic rings. The molecule has 2 heteroatoms. The van der Waals surface area contributed by atoms with Crippen LogP contribution < -0.4 is 0 Å². The first-order valence-corrected chi connectivity index (χ1v) is 9.27. The van der Waals surface area contributed by atoms with E-state index in [1.807, 2.05) is 6.08 Å². The lowest BCUT2D eigenvalue weighted by molar-refractivity contribution is 0.148. The fourth-order valence-electron chi connectivity index (χ4n) is 2.76. The van der Waals surface area contributed by atoms with Gasteiger partial charge in [-0.3, -0.25) is 0 Å². The summed E-state index contributed by atoms with van der Waals surface area (Å²) in [4.78, 5) is 0. The molecule has 0 amide bonds. The maximum Gasteiger partial charge on any atom is 0.0543 e. The molecule has 22 heavy (non-hydrogen) atoms. The van der Waals surface area contributed by atoms with Crippen molar-refractivity contribution in [3.8, 4) is 0 Å². The molecule has 0 saturated heterocycles. The van der Waals surface area contributed by atoms with Crippen LogP contribution in [0.25, 0.3) is 0 Å². The predicted octanol–water partition coefficient (Wildman–Crippen LogP) is 5.40. The minimum absolute atomic E-state index is 0.132. The van der Waals surface area contributed by atoms with Crippen LogP contribution >= 0.6 is 0 Å². The molecule has 0 aromatic heterocycles. The van der Waals surface area contributed by atoms with E-state index in [1.54, 1.807) is 0 Å². The summed E-state index contributed by atoms with van der Waals surface area (Å²) in [5.41, 5.74) is 0. The molecule has 3 atom stereocenters. The van der Waals surface area contributed by atoms with Crippen LogP contribution in [0.5, 0.6) is 0 Å². The van der Waals surface area contributed by atoms with Gasteiger partial charge in [-0.05, 0) is 50.9 Å². The second-order valence-corrected chi connectivity index (χ2v) is 6.46. The fraction of sp³-hybridized carbons (Fsp3) is 0.800. The lowest BCUT2D eigenvalue weighted by Gasteiger charge is -2.13. The number of allylic oxidation sites excluding steroid dienone is 3. The Bertz CT molecular complexity index is 273. The van der Waals surface area contributed by atoms with Crippen LogP contribution in [0, 0.1) is 5.92 Å². The van der Waals surface area contributed by atoms with Crippen molar-refractivity contribution >= 4 is 0 Å². The summed E-state index contributed by atoms with van der Waals surface area (Å²) in [5, 5.41) is 19.6. The van der Waals surface area contributed by atoms with Crippen LogP contribution in [0.15, 0.2) is 24.8 Å². The Morgan fingerprint density at radius 3 is 2.18 bits per heavy atom. The quantitative estimate of drug-likeness (QED) is 0.398. The molecule has 0 bridgehead atoms. The highest BCUT2D eigenvalue weighted by Gasteiger charge is 2.07. The Hall–Kier alpha value is -0.600. The average Bonchev–Trinajstić information content (AvgIpc) is 2.49. The van der Waals surface area contributed by atoms with E-state index in [0.29, 0.717) is 5.92 Å². The molecule has 130 valence electrons. The molecule has 0 aliphatic heterocycles. The van der Waals surface area contributed by atoms with E-state index in [0.717, 1.165) is 70.6 Å². The van der Waals surface area contributed by atoms with Gasteiger partial charge < -0.3 is 10.2 Å². The minimum Gasteiger partial charge on any atom is -0.393 e. The lowest BCUT2D eigenvalue weighted by atomic mass is 9.95. The zero-order chi connectivity index (χ0) is 16.6. The van der Waals surface area contributed by atoms with E-state index in [9.17, 15) is 10.2 Å². The second-order valence-electron chi connectivity index (χ2n) is 6.46. The monoisotopic (exact) mass is 310 g/mol. The number of aliphatic hydroxyl groups excluding tert-OH is 2. The molecule has 2 N–H and O–H groups in total. The molecule has 0 rings (SSSR count). The van der Waals surface area contributed by atoms with E-state index in [-0.39, 0.29) is 12.2 Å². The molecule has 0 heterocycles. The highest BCUT2D eigenvalue weighted by molar-refractivity contribution is 4.92. The first-order chi connectivity index (χ1) is 10.6. The topological polar surface area (TPSA) is 40.5 Å². The molecule has 0 saturated carbocycles. The molecule has 0 aliphatic carbocycles. The molecular formula is C20H38O2. The van der Waals surface area contributed by atoms with Crippen molar-refractivity contribution in [3.63, 3.8) is 0 Å². The maximum absolute atomic E-state index is 9.82. The van der Waals surface area contributed by atoms with Crippen LogP contribution in [0.2, 0.25) is 0 Å². The van der Waals surface area contributed by atoms with Crippen molar-refractivity contribution in [1.82, 2.24) is 0 Å². The van der Waals surface area contributed by atoms with Gasteiger partial charge in [0.1, 0.15) is 0 Å².